The summed E-state index contributed by atoms with van der Waals surface area (Å²) in [5.41, 5.74) is 4.55. The molecule has 0 aromatic rings. The van der Waals surface area contributed by atoms with Crippen LogP contribution in [0.25, 0.3) is 0 Å². The summed E-state index contributed by atoms with van der Waals surface area (Å²) < 4.78 is 0. The zero-order valence-corrected chi connectivity index (χ0v) is 9.60. The van der Waals surface area contributed by atoms with E-state index in [4.69, 9.17) is 0 Å². The Morgan fingerprint density at radius 2 is 1.43 bits per heavy atom. The van der Waals surface area contributed by atoms with Gasteiger partial charge in [-0.05, 0) is 52.4 Å². The molecule has 0 fully saturated rings. The van der Waals surface area contributed by atoms with E-state index in [2.05, 4.69) is 32.6 Å². The maximum atomic E-state index is 4.12. The maximum Gasteiger partial charge on any atom is -0.0283 e. The minimum Gasteiger partial charge on any atom is -0.0998 e. The van der Waals surface area contributed by atoms with E-state index >= 15 is 0 Å². The SMILES string of the molecule is C=C1CCC=CCCC(C)=C(C)CC1. The predicted molar refractivity (Wildman–Crippen MR) is 64.4 cm³/mol. The van der Waals surface area contributed by atoms with Crippen molar-refractivity contribution in [3.05, 3.63) is 35.5 Å². The van der Waals surface area contributed by atoms with Crippen LogP contribution in [0.2, 0.25) is 0 Å². The quantitative estimate of drug-likeness (QED) is 0.482. The van der Waals surface area contributed by atoms with Gasteiger partial charge >= 0.3 is 0 Å². The Morgan fingerprint density at radius 1 is 0.857 bits per heavy atom. The van der Waals surface area contributed by atoms with Crippen molar-refractivity contribution in [1.82, 2.24) is 0 Å². The molecule has 0 saturated carbocycles. The first-order valence-electron chi connectivity index (χ1n) is 5.67. The first kappa shape index (κ1) is 11.3. The molecule has 0 saturated heterocycles. The molecule has 14 heavy (non-hydrogen) atoms. The Bertz CT molecular complexity index is 253. The highest BCUT2D eigenvalue weighted by molar-refractivity contribution is 5.13. The lowest BCUT2D eigenvalue weighted by Crippen LogP contribution is -1.87. The molecule has 0 heterocycles. The molecule has 0 aromatic heterocycles. The summed E-state index contributed by atoms with van der Waals surface area (Å²) in [5.74, 6) is 0. The molecule has 0 heteroatoms. The van der Waals surface area contributed by atoms with Gasteiger partial charge in [-0.15, -0.1) is 0 Å². The molecule has 0 nitrogen and oxygen atoms in total. The molecule has 1 aliphatic carbocycles. The molecule has 0 bridgehead atoms. The van der Waals surface area contributed by atoms with Gasteiger partial charge in [0.05, 0.1) is 0 Å². The number of rotatable bonds is 0. The van der Waals surface area contributed by atoms with Gasteiger partial charge in [0.1, 0.15) is 0 Å². The van der Waals surface area contributed by atoms with Crippen LogP contribution in [-0.2, 0) is 0 Å². The van der Waals surface area contributed by atoms with E-state index in [1.54, 1.807) is 11.1 Å². The lowest BCUT2D eigenvalue weighted by atomic mass is 9.99. The maximum absolute atomic E-state index is 4.12. The van der Waals surface area contributed by atoms with E-state index in [1.807, 2.05) is 0 Å². The van der Waals surface area contributed by atoms with Gasteiger partial charge in [-0.1, -0.05) is 35.5 Å². The van der Waals surface area contributed by atoms with E-state index in [-0.39, 0.29) is 0 Å². The van der Waals surface area contributed by atoms with Crippen LogP contribution in [0.3, 0.4) is 0 Å². The molecular weight excluding hydrogens is 168 g/mol. The van der Waals surface area contributed by atoms with Crippen LogP contribution in [0.1, 0.15) is 52.4 Å². The van der Waals surface area contributed by atoms with Crippen LogP contribution >= 0.6 is 0 Å². The topological polar surface area (TPSA) is 0 Å². The smallest absolute Gasteiger partial charge is 0.0283 e. The molecule has 0 aromatic carbocycles. The van der Waals surface area contributed by atoms with Gasteiger partial charge in [0.15, 0.2) is 0 Å². The molecule has 0 unspecified atom stereocenters. The Kier molecular flexibility index (Phi) is 4.72. The molecule has 1 aliphatic rings. The van der Waals surface area contributed by atoms with Gasteiger partial charge in [-0.3, -0.25) is 0 Å². The van der Waals surface area contributed by atoms with Gasteiger partial charge in [-0.2, -0.15) is 0 Å². The molecule has 0 N–H and O–H groups in total. The molecule has 0 aliphatic heterocycles. The highest BCUT2D eigenvalue weighted by atomic mass is 14.1. The van der Waals surface area contributed by atoms with Crippen molar-refractivity contribution in [3.8, 4) is 0 Å². The number of allylic oxidation sites excluding steroid dienone is 5. The fourth-order valence-corrected chi connectivity index (χ4v) is 1.74. The summed E-state index contributed by atoms with van der Waals surface area (Å²) in [6.07, 6.45) is 11.8. The molecule has 0 radical (unpaired) electrons. The van der Waals surface area contributed by atoms with Crippen LogP contribution in [0.4, 0.5) is 0 Å². The van der Waals surface area contributed by atoms with Crippen LogP contribution in [0.15, 0.2) is 35.5 Å². The third kappa shape index (κ3) is 3.95. The first-order valence-corrected chi connectivity index (χ1v) is 5.67. The number of hydrogen-bond acceptors (Lipinski definition) is 0. The summed E-state index contributed by atoms with van der Waals surface area (Å²) >= 11 is 0. The standard InChI is InChI=1S/C14H22/c1-12-8-6-4-5-7-9-13(2)14(3)11-10-12/h4-5H,1,6-11H2,2-3H3. The van der Waals surface area contributed by atoms with E-state index in [1.165, 1.54) is 44.1 Å². The Hall–Kier alpha value is -0.780. The minimum atomic E-state index is 1.17. The Labute approximate surface area is 88.4 Å². The fourth-order valence-electron chi connectivity index (χ4n) is 1.74. The van der Waals surface area contributed by atoms with Crippen molar-refractivity contribution in [2.75, 3.05) is 0 Å². The van der Waals surface area contributed by atoms with Crippen LogP contribution in [0, 0.1) is 0 Å². The van der Waals surface area contributed by atoms with Crippen molar-refractivity contribution < 1.29 is 0 Å². The second-order valence-electron chi connectivity index (χ2n) is 4.36. The molecule has 1 rings (SSSR count). The molecule has 0 atom stereocenters. The average molecular weight is 190 g/mol. The third-order valence-electron chi connectivity index (χ3n) is 3.10. The van der Waals surface area contributed by atoms with Gasteiger partial charge in [0.2, 0.25) is 0 Å². The zero-order valence-electron chi connectivity index (χ0n) is 9.60. The summed E-state index contributed by atoms with van der Waals surface area (Å²) in [6, 6.07) is 0. The van der Waals surface area contributed by atoms with Crippen LogP contribution in [0.5, 0.6) is 0 Å². The lowest BCUT2D eigenvalue weighted by molar-refractivity contribution is 0.835. The predicted octanol–water partition coefficient (Wildman–Crippen LogP) is 4.79. The van der Waals surface area contributed by atoms with Crippen molar-refractivity contribution in [1.29, 1.82) is 0 Å². The largest absolute Gasteiger partial charge is 0.0998 e. The number of hydrogen-bond donors (Lipinski definition) is 0. The molecule has 78 valence electrons. The summed E-state index contributed by atoms with van der Waals surface area (Å²) in [7, 11) is 0. The van der Waals surface area contributed by atoms with E-state index in [0.29, 0.717) is 0 Å². The first-order chi connectivity index (χ1) is 6.70. The fraction of sp³-hybridized carbons (Fsp3) is 0.571. The third-order valence-corrected chi connectivity index (χ3v) is 3.10. The molecular formula is C14H22. The van der Waals surface area contributed by atoms with Crippen molar-refractivity contribution >= 4 is 0 Å². The van der Waals surface area contributed by atoms with Crippen LogP contribution in [-0.4, -0.2) is 0 Å². The zero-order chi connectivity index (χ0) is 10.4. The van der Waals surface area contributed by atoms with Gasteiger partial charge in [0.25, 0.3) is 0 Å². The van der Waals surface area contributed by atoms with Gasteiger partial charge < -0.3 is 0 Å². The minimum absolute atomic E-state index is 1.17. The molecule has 0 amide bonds. The van der Waals surface area contributed by atoms with Crippen molar-refractivity contribution in [2.24, 2.45) is 0 Å². The van der Waals surface area contributed by atoms with E-state index in [9.17, 15) is 0 Å². The van der Waals surface area contributed by atoms with E-state index in [0.717, 1.165) is 0 Å². The Balaban J connectivity index is 2.62. The second-order valence-corrected chi connectivity index (χ2v) is 4.36. The Morgan fingerprint density at radius 3 is 2.14 bits per heavy atom. The van der Waals surface area contributed by atoms with Crippen LogP contribution < -0.4 is 0 Å². The lowest BCUT2D eigenvalue weighted by Gasteiger charge is -2.07. The highest BCUT2D eigenvalue weighted by Crippen LogP contribution is 2.20. The van der Waals surface area contributed by atoms with Gasteiger partial charge in [0, 0.05) is 0 Å². The molecule has 0 spiro atoms. The van der Waals surface area contributed by atoms with Gasteiger partial charge in [-0.25, -0.2) is 0 Å². The summed E-state index contributed by atoms with van der Waals surface area (Å²) in [4.78, 5) is 0. The highest BCUT2D eigenvalue weighted by Gasteiger charge is 2.00. The summed E-state index contributed by atoms with van der Waals surface area (Å²) in [5, 5.41) is 0. The monoisotopic (exact) mass is 190 g/mol. The second kappa shape index (κ2) is 5.85. The van der Waals surface area contributed by atoms with Crippen molar-refractivity contribution in [2.45, 2.75) is 52.4 Å². The summed E-state index contributed by atoms with van der Waals surface area (Å²) in [6.45, 7) is 8.66. The van der Waals surface area contributed by atoms with Crippen molar-refractivity contribution in [3.63, 3.8) is 0 Å². The van der Waals surface area contributed by atoms with E-state index < -0.39 is 0 Å². The average Bonchev–Trinajstić information content (AvgIpc) is 2.20. The normalized spacial score (nSPS) is 20.9.